The second-order valence-corrected chi connectivity index (χ2v) is 10.4. The first-order valence-corrected chi connectivity index (χ1v) is 11.6. The fraction of sp³-hybridized carbons (Fsp3) is 0.640. The Morgan fingerprint density at radius 2 is 1.70 bits per heavy atom. The lowest BCUT2D eigenvalue weighted by atomic mass is 9.86. The monoisotopic (exact) mass is 461 g/mol. The third-order valence-corrected chi connectivity index (χ3v) is 5.28. The standard InChI is InChI=1S/C25H39N3O5/c1-24(2,3)19-11-7-8-12-20(19)32-17-21(29)28-15-9-10-18(16-28)22(30)26-13-14-27-23(31)33-25(4,5)6/h7-8,11-12,18H,9-10,13-17H2,1-6H3,(H,26,30)(H,27,31). The van der Waals surface area contributed by atoms with Crippen LogP contribution in [0.4, 0.5) is 4.79 Å². The third-order valence-electron chi connectivity index (χ3n) is 5.28. The summed E-state index contributed by atoms with van der Waals surface area (Å²) in [5.41, 5.74) is 0.393. The Bertz CT molecular complexity index is 826. The summed E-state index contributed by atoms with van der Waals surface area (Å²) in [6.07, 6.45) is 0.973. The Hall–Kier alpha value is -2.77. The number of ether oxygens (including phenoxy) is 2. The molecular formula is C25H39N3O5. The van der Waals surface area contributed by atoms with Crippen LogP contribution in [-0.4, -0.2) is 61.2 Å². The Labute approximate surface area is 197 Å². The van der Waals surface area contributed by atoms with Gasteiger partial charge in [0.25, 0.3) is 5.91 Å². The van der Waals surface area contributed by atoms with Crippen LogP contribution < -0.4 is 15.4 Å². The molecule has 1 aromatic carbocycles. The second kappa shape index (κ2) is 11.4. The Morgan fingerprint density at radius 3 is 2.36 bits per heavy atom. The van der Waals surface area contributed by atoms with Crippen LogP contribution in [-0.2, 0) is 19.7 Å². The minimum Gasteiger partial charge on any atom is -0.483 e. The van der Waals surface area contributed by atoms with Gasteiger partial charge in [-0.3, -0.25) is 9.59 Å². The molecule has 33 heavy (non-hydrogen) atoms. The predicted octanol–water partition coefficient (Wildman–Crippen LogP) is 3.24. The fourth-order valence-corrected chi connectivity index (χ4v) is 3.67. The second-order valence-electron chi connectivity index (χ2n) is 10.4. The molecule has 0 saturated carbocycles. The van der Waals surface area contributed by atoms with Gasteiger partial charge in [0, 0.05) is 26.2 Å². The average molecular weight is 462 g/mol. The highest BCUT2D eigenvalue weighted by Gasteiger charge is 2.29. The Balaban J connectivity index is 1.78. The van der Waals surface area contributed by atoms with E-state index in [0.717, 1.165) is 18.4 Å². The van der Waals surface area contributed by atoms with E-state index in [1.165, 1.54) is 0 Å². The molecule has 1 atom stereocenters. The number of benzene rings is 1. The highest BCUT2D eigenvalue weighted by Crippen LogP contribution is 2.31. The van der Waals surface area contributed by atoms with Gasteiger partial charge in [0.1, 0.15) is 11.4 Å². The maximum Gasteiger partial charge on any atom is 0.407 e. The van der Waals surface area contributed by atoms with Gasteiger partial charge in [-0.15, -0.1) is 0 Å². The summed E-state index contributed by atoms with van der Waals surface area (Å²) >= 11 is 0. The smallest absolute Gasteiger partial charge is 0.407 e. The number of carbonyl (C=O) groups excluding carboxylic acids is 3. The van der Waals surface area contributed by atoms with E-state index in [4.69, 9.17) is 9.47 Å². The zero-order chi connectivity index (χ0) is 24.6. The van der Waals surface area contributed by atoms with Crippen LogP contribution in [0.5, 0.6) is 5.75 Å². The lowest BCUT2D eigenvalue weighted by Gasteiger charge is -2.32. The summed E-state index contributed by atoms with van der Waals surface area (Å²) in [4.78, 5) is 38.7. The summed E-state index contributed by atoms with van der Waals surface area (Å²) in [6, 6.07) is 7.75. The quantitative estimate of drug-likeness (QED) is 0.608. The van der Waals surface area contributed by atoms with Crippen molar-refractivity contribution in [1.29, 1.82) is 0 Å². The number of para-hydroxylation sites is 1. The van der Waals surface area contributed by atoms with Gasteiger partial charge in [0.05, 0.1) is 5.92 Å². The molecule has 1 aliphatic rings. The normalized spacial score (nSPS) is 16.7. The van der Waals surface area contributed by atoms with Crippen molar-refractivity contribution < 1.29 is 23.9 Å². The topological polar surface area (TPSA) is 97.0 Å². The Morgan fingerprint density at radius 1 is 1.03 bits per heavy atom. The summed E-state index contributed by atoms with van der Waals surface area (Å²) in [6.45, 7) is 13.2. The maximum absolute atomic E-state index is 12.8. The van der Waals surface area contributed by atoms with E-state index in [-0.39, 0.29) is 36.3 Å². The van der Waals surface area contributed by atoms with E-state index in [1.807, 2.05) is 24.3 Å². The molecule has 1 fully saturated rings. The number of amides is 3. The summed E-state index contributed by atoms with van der Waals surface area (Å²) in [5.74, 6) is 0.202. The number of nitrogens with zero attached hydrogens (tertiary/aromatic N) is 1. The predicted molar refractivity (Wildman–Crippen MR) is 127 cm³/mol. The molecule has 2 rings (SSSR count). The molecular weight excluding hydrogens is 422 g/mol. The molecule has 8 nitrogen and oxygen atoms in total. The summed E-state index contributed by atoms with van der Waals surface area (Å²) in [7, 11) is 0. The van der Waals surface area contributed by atoms with Gasteiger partial charge in [-0.25, -0.2) is 4.79 Å². The van der Waals surface area contributed by atoms with E-state index < -0.39 is 11.7 Å². The van der Waals surface area contributed by atoms with Crippen LogP contribution in [0.25, 0.3) is 0 Å². The van der Waals surface area contributed by atoms with Crippen molar-refractivity contribution in [2.75, 3.05) is 32.8 Å². The lowest BCUT2D eigenvalue weighted by molar-refractivity contribution is -0.137. The molecule has 1 unspecified atom stereocenters. The lowest BCUT2D eigenvalue weighted by Crippen LogP contribution is -2.47. The largest absolute Gasteiger partial charge is 0.483 e. The first kappa shape index (κ1) is 26.5. The van der Waals surface area contributed by atoms with E-state index in [1.54, 1.807) is 25.7 Å². The number of hydrogen-bond donors (Lipinski definition) is 2. The van der Waals surface area contributed by atoms with Crippen molar-refractivity contribution in [1.82, 2.24) is 15.5 Å². The Kier molecular flexibility index (Phi) is 9.14. The molecule has 0 spiro atoms. The van der Waals surface area contributed by atoms with Gasteiger partial charge < -0.3 is 25.0 Å². The van der Waals surface area contributed by atoms with Gasteiger partial charge in [-0.05, 0) is 50.7 Å². The number of piperidine rings is 1. The number of carbonyl (C=O) groups is 3. The number of nitrogens with one attached hydrogen (secondary N) is 2. The molecule has 2 N–H and O–H groups in total. The molecule has 0 radical (unpaired) electrons. The molecule has 1 heterocycles. The number of rotatable bonds is 7. The first-order chi connectivity index (χ1) is 15.4. The van der Waals surface area contributed by atoms with Crippen molar-refractivity contribution in [3.8, 4) is 5.75 Å². The van der Waals surface area contributed by atoms with Crippen molar-refractivity contribution in [2.45, 2.75) is 65.4 Å². The maximum atomic E-state index is 12.8. The minimum atomic E-state index is -0.566. The number of alkyl carbamates (subject to hydrolysis) is 1. The van der Waals surface area contributed by atoms with Crippen molar-refractivity contribution in [2.24, 2.45) is 5.92 Å². The van der Waals surface area contributed by atoms with Gasteiger partial charge >= 0.3 is 6.09 Å². The average Bonchev–Trinajstić information content (AvgIpc) is 2.73. The molecule has 0 bridgehead atoms. The fourth-order valence-electron chi connectivity index (χ4n) is 3.67. The van der Waals surface area contributed by atoms with Crippen molar-refractivity contribution in [3.63, 3.8) is 0 Å². The molecule has 184 valence electrons. The molecule has 1 aromatic rings. The molecule has 8 heteroatoms. The van der Waals surface area contributed by atoms with Crippen LogP contribution in [0.3, 0.4) is 0 Å². The van der Waals surface area contributed by atoms with Crippen LogP contribution in [0.1, 0.15) is 59.9 Å². The molecule has 0 aromatic heterocycles. The van der Waals surface area contributed by atoms with Gasteiger partial charge in [0.2, 0.25) is 5.91 Å². The van der Waals surface area contributed by atoms with Crippen LogP contribution >= 0.6 is 0 Å². The minimum absolute atomic E-state index is 0.0543. The van der Waals surface area contributed by atoms with E-state index in [2.05, 4.69) is 31.4 Å². The first-order valence-electron chi connectivity index (χ1n) is 11.6. The van der Waals surface area contributed by atoms with Crippen LogP contribution in [0.15, 0.2) is 24.3 Å². The van der Waals surface area contributed by atoms with Crippen LogP contribution in [0.2, 0.25) is 0 Å². The highest BCUT2D eigenvalue weighted by atomic mass is 16.6. The number of hydrogen-bond acceptors (Lipinski definition) is 5. The highest BCUT2D eigenvalue weighted by molar-refractivity contribution is 5.82. The zero-order valence-electron chi connectivity index (χ0n) is 20.8. The van der Waals surface area contributed by atoms with E-state index in [0.29, 0.717) is 25.4 Å². The van der Waals surface area contributed by atoms with Crippen LogP contribution in [0, 0.1) is 5.92 Å². The van der Waals surface area contributed by atoms with Crippen molar-refractivity contribution >= 4 is 17.9 Å². The SMILES string of the molecule is CC(C)(C)OC(=O)NCCNC(=O)C1CCCN(C(=O)COc2ccccc2C(C)(C)C)C1. The molecule has 0 aliphatic carbocycles. The summed E-state index contributed by atoms with van der Waals surface area (Å²) in [5, 5.41) is 5.45. The van der Waals surface area contributed by atoms with Gasteiger partial charge in [0.15, 0.2) is 6.61 Å². The molecule has 1 saturated heterocycles. The third kappa shape index (κ3) is 8.94. The van der Waals surface area contributed by atoms with Gasteiger partial charge in [-0.2, -0.15) is 0 Å². The number of likely N-dealkylation sites (tertiary alicyclic amines) is 1. The van der Waals surface area contributed by atoms with Gasteiger partial charge in [-0.1, -0.05) is 39.0 Å². The van der Waals surface area contributed by atoms with E-state index in [9.17, 15) is 14.4 Å². The van der Waals surface area contributed by atoms with Crippen molar-refractivity contribution in [3.05, 3.63) is 29.8 Å². The molecule has 1 aliphatic heterocycles. The summed E-state index contributed by atoms with van der Waals surface area (Å²) < 4.78 is 11.0. The van der Waals surface area contributed by atoms with E-state index >= 15 is 0 Å². The molecule has 3 amide bonds. The zero-order valence-corrected chi connectivity index (χ0v) is 20.8.